The smallest absolute Gasteiger partial charge is 0.334 e. The van der Waals surface area contributed by atoms with Crippen LogP contribution in [-0.4, -0.2) is 29.0 Å². The topological polar surface area (TPSA) is 124 Å². The third-order valence-corrected chi connectivity index (χ3v) is 5.96. The lowest BCUT2D eigenvalue weighted by Crippen LogP contribution is -2.42. The van der Waals surface area contributed by atoms with Crippen LogP contribution < -0.4 is 11.2 Å². The molecule has 4 rings (SSSR count). The third-order valence-electron chi connectivity index (χ3n) is 5.96. The molecule has 34 heavy (non-hydrogen) atoms. The number of nitrogens with zero attached hydrogens (tertiary/aromatic N) is 8. The zero-order chi connectivity index (χ0) is 24.1. The number of azo groups is 1. The maximum Gasteiger partial charge on any atom is 0.334 e. The minimum Gasteiger partial charge on any atom is -0.493 e. The molecule has 0 spiro atoms. The molecule has 1 aliphatic carbocycles. The monoisotopic (exact) mass is 462 g/mol. The van der Waals surface area contributed by atoms with Gasteiger partial charge in [-0.25, -0.2) is 19.3 Å². The molecule has 1 saturated carbocycles. The fraction of sp³-hybridized carbons (Fsp3) is 0.435. The van der Waals surface area contributed by atoms with Crippen LogP contribution in [0.5, 0.6) is 5.88 Å². The first kappa shape index (κ1) is 23.1. The number of pyridine rings is 1. The van der Waals surface area contributed by atoms with Gasteiger partial charge in [-0.15, -0.1) is 10.2 Å². The molecule has 0 atom stereocenters. The molecule has 1 N–H and O–H groups in total. The van der Waals surface area contributed by atoms with E-state index in [1.54, 1.807) is 24.4 Å². The Morgan fingerprint density at radius 2 is 2.00 bits per heavy atom. The van der Waals surface area contributed by atoms with Crippen molar-refractivity contribution in [1.82, 2.24) is 23.9 Å². The molecule has 0 aromatic carbocycles. The second-order valence-electron chi connectivity index (χ2n) is 8.19. The van der Waals surface area contributed by atoms with Crippen molar-refractivity contribution in [2.75, 3.05) is 0 Å². The van der Waals surface area contributed by atoms with Crippen LogP contribution >= 0.6 is 0 Å². The second-order valence-corrected chi connectivity index (χ2v) is 8.19. The molecule has 3 heterocycles. The van der Waals surface area contributed by atoms with Crippen molar-refractivity contribution in [3.63, 3.8) is 0 Å². The maximum absolute atomic E-state index is 13.3. The lowest BCUT2D eigenvalue weighted by molar-refractivity contribution is 0.315. The van der Waals surface area contributed by atoms with Crippen LogP contribution in [0.15, 0.2) is 50.4 Å². The molecule has 1 aliphatic rings. The van der Waals surface area contributed by atoms with Gasteiger partial charge in [0.05, 0.1) is 12.8 Å². The van der Waals surface area contributed by atoms with Crippen molar-refractivity contribution in [3.05, 3.63) is 62.8 Å². The lowest BCUT2D eigenvalue weighted by atomic mass is 9.95. The first-order valence-electron chi connectivity index (χ1n) is 11.4. The van der Waals surface area contributed by atoms with Crippen LogP contribution in [0.2, 0.25) is 0 Å². The molecule has 1 fully saturated rings. The molecule has 11 heteroatoms. The SMILES string of the molecule is [C-]#[N+]c1cnn(-c2ccccn2)c1N=Nc1c(O)n(CCCC)c(=O)n(C2CCCCC2)c1=O. The van der Waals surface area contributed by atoms with E-state index in [9.17, 15) is 14.7 Å². The van der Waals surface area contributed by atoms with Gasteiger partial charge in [-0.2, -0.15) is 5.10 Å². The van der Waals surface area contributed by atoms with Crippen molar-refractivity contribution in [1.29, 1.82) is 0 Å². The Morgan fingerprint density at radius 1 is 1.21 bits per heavy atom. The van der Waals surface area contributed by atoms with Crippen LogP contribution in [0.4, 0.5) is 17.2 Å². The van der Waals surface area contributed by atoms with Gasteiger partial charge >= 0.3 is 5.69 Å². The molecule has 3 aromatic rings. The minimum atomic E-state index is -0.681. The quantitative estimate of drug-likeness (QED) is 0.407. The summed E-state index contributed by atoms with van der Waals surface area (Å²) in [5.74, 6) is -0.0290. The van der Waals surface area contributed by atoms with Crippen LogP contribution in [0.3, 0.4) is 0 Å². The molecule has 0 amide bonds. The van der Waals surface area contributed by atoms with Gasteiger partial charge in [0.15, 0.2) is 11.6 Å². The minimum absolute atomic E-state index is 0.0722. The number of hydrogen-bond donors (Lipinski definition) is 1. The lowest BCUT2D eigenvalue weighted by Gasteiger charge is -2.24. The number of unbranched alkanes of at least 4 members (excludes halogenated alkanes) is 1. The summed E-state index contributed by atoms with van der Waals surface area (Å²) < 4.78 is 3.75. The molecular formula is C23H26N8O3. The fourth-order valence-electron chi connectivity index (χ4n) is 4.16. The summed E-state index contributed by atoms with van der Waals surface area (Å²) in [7, 11) is 0. The van der Waals surface area contributed by atoms with E-state index in [1.807, 2.05) is 6.92 Å². The number of hydrogen-bond acceptors (Lipinski definition) is 7. The number of rotatable bonds is 7. The van der Waals surface area contributed by atoms with Gasteiger partial charge in [-0.05, 0) is 31.4 Å². The standard InChI is InChI=1S/C23H26N8O3/c1-3-4-14-29-21(32)19(22(33)30(23(29)34)16-10-6-5-7-11-16)27-28-20-17(24-2)15-26-31(20)18-12-8-9-13-25-18/h8-9,12-13,15-16,32H,3-7,10-11,14H2,1H3. The fourth-order valence-corrected chi connectivity index (χ4v) is 4.16. The summed E-state index contributed by atoms with van der Waals surface area (Å²) in [4.78, 5) is 34.2. The van der Waals surface area contributed by atoms with Gasteiger partial charge in [0.25, 0.3) is 11.2 Å². The number of aromatic hydroxyl groups is 1. The van der Waals surface area contributed by atoms with E-state index >= 15 is 0 Å². The second kappa shape index (κ2) is 10.2. The summed E-state index contributed by atoms with van der Waals surface area (Å²) >= 11 is 0. The molecule has 0 bridgehead atoms. The van der Waals surface area contributed by atoms with Crippen molar-refractivity contribution in [2.45, 2.75) is 64.5 Å². The summed E-state index contributed by atoms with van der Waals surface area (Å²) in [5, 5.41) is 23.2. The molecule has 3 aromatic heterocycles. The molecule has 0 radical (unpaired) electrons. The predicted molar refractivity (Wildman–Crippen MR) is 125 cm³/mol. The normalized spacial score (nSPS) is 14.5. The summed E-state index contributed by atoms with van der Waals surface area (Å²) in [5.41, 5.74) is -1.42. The Bertz CT molecular complexity index is 1340. The highest BCUT2D eigenvalue weighted by atomic mass is 16.3. The molecule has 176 valence electrons. The van der Waals surface area contributed by atoms with Crippen LogP contribution in [0.25, 0.3) is 10.7 Å². The zero-order valence-corrected chi connectivity index (χ0v) is 19.0. The van der Waals surface area contributed by atoms with E-state index in [0.29, 0.717) is 12.2 Å². The molecule has 0 aliphatic heterocycles. The Kier molecular flexibility index (Phi) is 6.96. The molecule has 0 unspecified atom stereocenters. The Morgan fingerprint density at radius 3 is 2.68 bits per heavy atom. The van der Waals surface area contributed by atoms with Gasteiger partial charge in [-0.1, -0.05) is 38.7 Å². The summed E-state index contributed by atoms with van der Waals surface area (Å²) in [6.45, 7) is 9.66. The average Bonchev–Trinajstić information content (AvgIpc) is 3.28. The molecule has 11 nitrogen and oxygen atoms in total. The first-order valence-corrected chi connectivity index (χ1v) is 11.4. The van der Waals surface area contributed by atoms with Crippen molar-refractivity contribution < 1.29 is 5.11 Å². The van der Waals surface area contributed by atoms with Crippen molar-refractivity contribution in [2.24, 2.45) is 10.2 Å². The van der Waals surface area contributed by atoms with Crippen molar-refractivity contribution in [3.8, 4) is 11.7 Å². The first-order chi connectivity index (χ1) is 16.6. The summed E-state index contributed by atoms with van der Waals surface area (Å²) in [6.07, 6.45) is 8.74. The van der Waals surface area contributed by atoms with E-state index < -0.39 is 17.1 Å². The molecular weight excluding hydrogens is 436 g/mol. The average molecular weight is 463 g/mol. The number of aromatic nitrogens is 5. The highest BCUT2D eigenvalue weighted by Gasteiger charge is 2.25. The Balaban J connectivity index is 1.86. The third kappa shape index (κ3) is 4.39. The Labute approximate surface area is 195 Å². The van der Waals surface area contributed by atoms with E-state index in [4.69, 9.17) is 6.57 Å². The highest BCUT2D eigenvalue weighted by Crippen LogP contribution is 2.33. The largest absolute Gasteiger partial charge is 0.493 e. The van der Waals surface area contributed by atoms with Gasteiger partial charge in [-0.3, -0.25) is 13.9 Å². The van der Waals surface area contributed by atoms with Gasteiger partial charge in [0.2, 0.25) is 11.6 Å². The summed E-state index contributed by atoms with van der Waals surface area (Å²) in [6, 6.07) is 4.96. The van der Waals surface area contributed by atoms with E-state index in [-0.39, 0.29) is 29.8 Å². The Hall–Kier alpha value is -4.07. The van der Waals surface area contributed by atoms with Crippen LogP contribution in [-0.2, 0) is 6.54 Å². The van der Waals surface area contributed by atoms with E-state index in [0.717, 1.165) is 38.5 Å². The van der Waals surface area contributed by atoms with Gasteiger partial charge in [0, 0.05) is 18.8 Å². The predicted octanol–water partition coefficient (Wildman–Crippen LogP) is 4.57. The van der Waals surface area contributed by atoms with E-state index in [2.05, 4.69) is 25.2 Å². The van der Waals surface area contributed by atoms with Gasteiger partial charge < -0.3 is 5.11 Å². The highest BCUT2D eigenvalue weighted by molar-refractivity contribution is 5.63. The maximum atomic E-state index is 13.3. The zero-order valence-electron chi connectivity index (χ0n) is 19.0. The van der Waals surface area contributed by atoms with Crippen LogP contribution in [0.1, 0.15) is 57.9 Å². The molecule has 0 saturated heterocycles. The van der Waals surface area contributed by atoms with Gasteiger partial charge in [0.1, 0.15) is 0 Å². The van der Waals surface area contributed by atoms with Crippen LogP contribution in [0, 0.1) is 6.57 Å². The van der Waals surface area contributed by atoms with Crippen molar-refractivity contribution >= 4 is 17.2 Å². The van der Waals surface area contributed by atoms with E-state index in [1.165, 1.54) is 20.0 Å².